The highest BCUT2D eigenvalue weighted by Crippen LogP contribution is 2.12. The second kappa shape index (κ2) is 7.00. The largest absolute Gasteiger partial charge is 0.462 e. The number of amides is 1. The Hall–Kier alpha value is -3.42. The number of fused-ring (bicyclic) bond motifs is 1. The van der Waals surface area contributed by atoms with Crippen molar-refractivity contribution in [2.45, 2.75) is 13.5 Å². The number of carbonyl (C=O) groups is 2. The number of hydrogen-bond acceptors (Lipinski definition) is 5. The van der Waals surface area contributed by atoms with E-state index in [0.29, 0.717) is 16.9 Å². The van der Waals surface area contributed by atoms with Gasteiger partial charge in [-0.3, -0.25) is 9.20 Å². The SMILES string of the molecule is CCOC(=O)c1cccc(NC(=O)Cn2nc3ccccn3c2=O)c1. The second-order valence-electron chi connectivity index (χ2n) is 5.22. The van der Waals surface area contributed by atoms with Crippen LogP contribution < -0.4 is 11.0 Å². The molecular formula is C17H16N4O4. The molecule has 128 valence electrons. The van der Waals surface area contributed by atoms with Crippen LogP contribution in [0.4, 0.5) is 5.69 Å². The van der Waals surface area contributed by atoms with Gasteiger partial charge in [0.15, 0.2) is 5.65 Å². The van der Waals surface area contributed by atoms with E-state index in [2.05, 4.69) is 10.4 Å². The van der Waals surface area contributed by atoms with E-state index < -0.39 is 17.6 Å². The van der Waals surface area contributed by atoms with Gasteiger partial charge in [-0.05, 0) is 37.3 Å². The van der Waals surface area contributed by atoms with Gasteiger partial charge < -0.3 is 10.1 Å². The predicted molar refractivity (Wildman–Crippen MR) is 90.5 cm³/mol. The molecular weight excluding hydrogens is 324 g/mol. The molecule has 0 bridgehead atoms. The van der Waals surface area contributed by atoms with Crippen molar-refractivity contribution >= 4 is 23.2 Å². The number of aromatic nitrogens is 3. The van der Waals surface area contributed by atoms with Crippen molar-refractivity contribution in [3.8, 4) is 0 Å². The number of esters is 1. The molecule has 0 unspecified atom stereocenters. The third kappa shape index (κ3) is 3.57. The lowest BCUT2D eigenvalue weighted by Gasteiger charge is -2.07. The van der Waals surface area contributed by atoms with Gasteiger partial charge in [0.05, 0.1) is 12.2 Å². The van der Waals surface area contributed by atoms with Gasteiger partial charge >= 0.3 is 11.7 Å². The molecule has 0 atom stereocenters. The van der Waals surface area contributed by atoms with Crippen LogP contribution in [0.2, 0.25) is 0 Å². The van der Waals surface area contributed by atoms with Gasteiger partial charge in [0.25, 0.3) is 0 Å². The van der Waals surface area contributed by atoms with Crippen molar-refractivity contribution in [2.24, 2.45) is 0 Å². The van der Waals surface area contributed by atoms with E-state index in [4.69, 9.17) is 4.74 Å². The van der Waals surface area contributed by atoms with Crippen molar-refractivity contribution in [1.82, 2.24) is 14.2 Å². The highest BCUT2D eigenvalue weighted by Gasteiger charge is 2.12. The van der Waals surface area contributed by atoms with E-state index >= 15 is 0 Å². The normalized spacial score (nSPS) is 10.6. The lowest BCUT2D eigenvalue weighted by Crippen LogP contribution is -2.28. The summed E-state index contributed by atoms with van der Waals surface area (Å²) in [7, 11) is 0. The van der Waals surface area contributed by atoms with Crippen LogP contribution in [0.25, 0.3) is 5.65 Å². The summed E-state index contributed by atoms with van der Waals surface area (Å²) in [5, 5.41) is 6.74. The number of hydrogen-bond donors (Lipinski definition) is 1. The minimum Gasteiger partial charge on any atom is -0.462 e. The summed E-state index contributed by atoms with van der Waals surface area (Å²) in [6.45, 7) is 1.76. The van der Waals surface area contributed by atoms with Gasteiger partial charge in [0, 0.05) is 11.9 Å². The zero-order chi connectivity index (χ0) is 17.8. The third-order valence-corrected chi connectivity index (χ3v) is 3.44. The molecule has 0 aliphatic carbocycles. The topological polar surface area (TPSA) is 94.7 Å². The molecule has 2 heterocycles. The highest BCUT2D eigenvalue weighted by molar-refractivity contribution is 5.94. The van der Waals surface area contributed by atoms with Crippen molar-refractivity contribution in [3.05, 3.63) is 64.7 Å². The maximum atomic E-state index is 12.2. The first kappa shape index (κ1) is 16.4. The molecule has 0 aliphatic heterocycles. The summed E-state index contributed by atoms with van der Waals surface area (Å²) in [5.74, 6) is -0.887. The molecule has 3 rings (SSSR count). The first-order chi connectivity index (χ1) is 12.1. The third-order valence-electron chi connectivity index (χ3n) is 3.44. The van der Waals surface area contributed by atoms with E-state index in [1.54, 1.807) is 49.5 Å². The maximum absolute atomic E-state index is 12.2. The molecule has 1 aromatic carbocycles. The van der Waals surface area contributed by atoms with Crippen LogP contribution in [0.3, 0.4) is 0 Å². The molecule has 0 fully saturated rings. The Bertz CT molecular complexity index is 989. The molecule has 1 N–H and O–H groups in total. The predicted octanol–water partition coefficient (Wildman–Crippen LogP) is 1.31. The average Bonchev–Trinajstić information content (AvgIpc) is 2.91. The number of pyridine rings is 1. The number of rotatable bonds is 5. The van der Waals surface area contributed by atoms with E-state index in [1.807, 2.05) is 0 Å². The number of ether oxygens (including phenoxy) is 1. The van der Waals surface area contributed by atoms with Gasteiger partial charge in [-0.2, -0.15) is 0 Å². The molecule has 0 aliphatic rings. The first-order valence-corrected chi connectivity index (χ1v) is 7.69. The van der Waals surface area contributed by atoms with Crippen LogP contribution >= 0.6 is 0 Å². The van der Waals surface area contributed by atoms with E-state index in [9.17, 15) is 14.4 Å². The fourth-order valence-electron chi connectivity index (χ4n) is 2.35. The number of carbonyl (C=O) groups excluding carboxylic acids is 2. The average molecular weight is 340 g/mol. The maximum Gasteiger partial charge on any atom is 0.350 e. The van der Waals surface area contributed by atoms with Crippen LogP contribution in [0.15, 0.2) is 53.5 Å². The standard InChI is InChI=1S/C17H16N4O4/c1-2-25-16(23)12-6-5-7-13(10-12)18-15(22)11-21-17(24)20-9-4-3-8-14(20)19-21/h3-10H,2,11H2,1H3,(H,18,22). The van der Waals surface area contributed by atoms with Gasteiger partial charge in [0.1, 0.15) is 6.54 Å². The van der Waals surface area contributed by atoms with Crippen LogP contribution in [0.1, 0.15) is 17.3 Å². The molecule has 0 saturated heterocycles. The van der Waals surface area contributed by atoms with Gasteiger partial charge in [-0.25, -0.2) is 14.3 Å². The van der Waals surface area contributed by atoms with Gasteiger partial charge in [0.2, 0.25) is 5.91 Å². The Kier molecular flexibility index (Phi) is 4.60. The Morgan fingerprint density at radius 3 is 2.80 bits per heavy atom. The molecule has 0 radical (unpaired) electrons. The van der Waals surface area contributed by atoms with Crippen LogP contribution in [-0.2, 0) is 16.1 Å². The Balaban J connectivity index is 1.74. The summed E-state index contributed by atoms with van der Waals surface area (Å²) in [4.78, 5) is 36.1. The second-order valence-corrected chi connectivity index (χ2v) is 5.22. The molecule has 0 spiro atoms. The Labute approximate surface area is 142 Å². The zero-order valence-electron chi connectivity index (χ0n) is 13.5. The summed E-state index contributed by atoms with van der Waals surface area (Å²) >= 11 is 0. The minimum absolute atomic E-state index is 0.232. The first-order valence-electron chi connectivity index (χ1n) is 7.69. The van der Waals surface area contributed by atoms with Crippen molar-refractivity contribution in [3.63, 3.8) is 0 Å². The number of benzene rings is 1. The molecule has 3 aromatic rings. The van der Waals surface area contributed by atoms with Crippen molar-refractivity contribution in [2.75, 3.05) is 11.9 Å². The van der Waals surface area contributed by atoms with Gasteiger partial charge in [-0.1, -0.05) is 12.1 Å². The number of anilines is 1. The summed E-state index contributed by atoms with van der Waals surface area (Å²) in [6, 6.07) is 11.5. The lowest BCUT2D eigenvalue weighted by molar-refractivity contribution is -0.117. The van der Waals surface area contributed by atoms with Crippen LogP contribution in [0, 0.1) is 0 Å². The van der Waals surface area contributed by atoms with Crippen LogP contribution in [-0.4, -0.2) is 32.7 Å². The smallest absolute Gasteiger partial charge is 0.350 e. The van der Waals surface area contributed by atoms with Gasteiger partial charge in [-0.15, -0.1) is 5.10 Å². The number of nitrogens with one attached hydrogen (secondary N) is 1. The number of nitrogens with zero attached hydrogens (tertiary/aromatic N) is 3. The highest BCUT2D eigenvalue weighted by atomic mass is 16.5. The van der Waals surface area contributed by atoms with E-state index in [1.165, 1.54) is 10.5 Å². The fraction of sp³-hybridized carbons (Fsp3) is 0.176. The summed E-state index contributed by atoms with van der Waals surface area (Å²) < 4.78 is 7.36. The van der Waals surface area contributed by atoms with E-state index in [-0.39, 0.29) is 13.2 Å². The molecule has 2 aromatic heterocycles. The molecule has 25 heavy (non-hydrogen) atoms. The van der Waals surface area contributed by atoms with Crippen molar-refractivity contribution < 1.29 is 14.3 Å². The quantitative estimate of drug-likeness (QED) is 0.707. The Morgan fingerprint density at radius 2 is 2.04 bits per heavy atom. The Morgan fingerprint density at radius 1 is 1.20 bits per heavy atom. The van der Waals surface area contributed by atoms with E-state index in [0.717, 1.165) is 4.68 Å². The van der Waals surface area contributed by atoms with Crippen molar-refractivity contribution in [1.29, 1.82) is 0 Å². The monoisotopic (exact) mass is 340 g/mol. The molecule has 0 saturated carbocycles. The molecule has 1 amide bonds. The van der Waals surface area contributed by atoms with Crippen LogP contribution in [0.5, 0.6) is 0 Å². The molecule has 8 heteroatoms. The lowest BCUT2D eigenvalue weighted by atomic mass is 10.2. The summed E-state index contributed by atoms with van der Waals surface area (Å²) in [5.41, 5.74) is 0.840. The molecule has 8 nitrogen and oxygen atoms in total. The summed E-state index contributed by atoms with van der Waals surface area (Å²) in [6.07, 6.45) is 1.59. The fourth-order valence-corrected chi connectivity index (χ4v) is 2.35. The minimum atomic E-state index is -0.463. The zero-order valence-corrected chi connectivity index (χ0v) is 13.5.